The van der Waals surface area contributed by atoms with E-state index < -0.39 is 0 Å². The standard InChI is InChI=1S/C11H20N2O/c1-11(4-2-5-11)8-13-10(14)9-3-6-12-7-9/h9,12H,2-8H2,1H3,(H,13,14)/t9-/m0/s1. The summed E-state index contributed by atoms with van der Waals surface area (Å²) in [7, 11) is 0. The molecule has 0 bridgehead atoms. The lowest BCUT2D eigenvalue weighted by atomic mass is 9.70. The molecule has 0 radical (unpaired) electrons. The largest absolute Gasteiger partial charge is 0.355 e. The van der Waals surface area contributed by atoms with Gasteiger partial charge >= 0.3 is 0 Å². The first kappa shape index (κ1) is 9.97. The van der Waals surface area contributed by atoms with E-state index in [4.69, 9.17) is 0 Å². The Hall–Kier alpha value is -0.570. The third kappa shape index (κ3) is 2.08. The van der Waals surface area contributed by atoms with Crippen LogP contribution in [0, 0.1) is 11.3 Å². The number of nitrogens with one attached hydrogen (secondary N) is 2. The summed E-state index contributed by atoms with van der Waals surface area (Å²) in [5, 5.41) is 6.31. The Morgan fingerprint density at radius 2 is 2.36 bits per heavy atom. The van der Waals surface area contributed by atoms with Crippen LogP contribution in [-0.2, 0) is 4.79 Å². The Bertz CT molecular complexity index is 217. The summed E-state index contributed by atoms with van der Waals surface area (Å²) in [6.45, 7) is 5.00. The van der Waals surface area contributed by atoms with Gasteiger partial charge in [-0.05, 0) is 31.2 Å². The maximum Gasteiger partial charge on any atom is 0.224 e. The van der Waals surface area contributed by atoms with Gasteiger partial charge < -0.3 is 10.6 Å². The Morgan fingerprint density at radius 3 is 2.86 bits per heavy atom. The van der Waals surface area contributed by atoms with Crippen molar-refractivity contribution in [2.75, 3.05) is 19.6 Å². The fourth-order valence-corrected chi connectivity index (χ4v) is 2.28. The topological polar surface area (TPSA) is 41.1 Å². The first-order chi connectivity index (χ1) is 6.70. The molecule has 3 nitrogen and oxygen atoms in total. The molecular formula is C11H20N2O. The van der Waals surface area contributed by atoms with Crippen LogP contribution in [0.2, 0.25) is 0 Å². The van der Waals surface area contributed by atoms with Crippen molar-refractivity contribution in [2.45, 2.75) is 32.6 Å². The van der Waals surface area contributed by atoms with Crippen LogP contribution >= 0.6 is 0 Å². The first-order valence-electron chi connectivity index (χ1n) is 5.68. The van der Waals surface area contributed by atoms with Crippen molar-refractivity contribution < 1.29 is 4.79 Å². The molecule has 1 amide bonds. The molecular weight excluding hydrogens is 176 g/mol. The molecule has 80 valence electrons. The van der Waals surface area contributed by atoms with Gasteiger partial charge in [-0.1, -0.05) is 13.3 Å². The predicted octanol–water partition coefficient (Wildman–Crippen LogP) is 0.902. The van der Waals surface area contributed by atoms with Gasteiger partial charge in [-0.15, -0.1) is 0 Å². The van der Waals surface area contributed by atoms with Gasteiger partial charge in [0.05, 0.1) is 5.92 Å². The molecule has 0 spiro atoms. The number of carbonyl (C=O) groups excluding carboxylic acids is 1. The minimum atomic E-state index is 0.221. The highest BCUT2D eigenvalue weighted by Gasteiger charge is 2.32. The third-order valence-corrected chi connectivity index (χ3v) is 3.68. The Kier molecular flexibility index (Phi) is 2.77. The number of hydrogen-bond acceptors (Lipinski definition) is 2. The zero-order chi connectivity index (χ0) is 10.0. The molecule has 1 atom stereocenters. The van der Waals surface area contributed by atoms with E-state index in [-0.39, 0.29) is 11.8 Å². The fourth-order valence-electron chi connectivity index (χ4n) is 2.28. The van der Waals surface area contributed by atoms with E-state index >= 15 is 0 Å². The molecule has 2 fully saturated rings. The van der Waals surface area contributed by atoms with Crippen molar-refractivity contribution in [1.29, 1.82) is 0 Å². The highest BCUT2D eigenvalue weighted by molar-refractivity contribution is 5.79. The normalized spacial score (nSPS) is 29.6. The van der Waals surface area contributed by atoms with E-state index in [2.05, 4.69) is 17.6 Å². The molecule has 1 aliphatic heterocycles. The Morgan fingerprint density at radius 1 is 1.57 bits per heavy atom. The molecule has 2 aliphatic rings. The highest BCUT2D eigenvalue weighted by Crippen LogP contribution is 2.39. The van der Waals surface area contributed by atoms with Crippen LogP contribution in [0.25, 0.3) is 0 Å². The quantitative estimate of drug-likeness (QED) is 0.704. The molecule has 14 heavy (non-hydrogen) atoms. The summed E-state index contributed by atoms with van der Waals surface area (Å²) in [4.78, 5) is 11.7. The lowest BCUT2D eigenvalue weighted by Gasteiger charge is -2.38. The summed E-state index contributed by atoms with van der Waals surface area (Å²) in [5.41, 5.74) is 0.404. The maximum atomic E-state index is 11.7. The van der Waals surface area contributed by atoms with E-state index in [1.807, 2.05) is 0 Å². The summed E-state index contributed by atoms with van der Waals surface area (Å²) < 4.78 is 0. The van der Waals surface area contributed by atoms with Gasteiger partial charge in [0.25, 0.3) is 0 Å². The molecule has 1 heterocycles. The van der Waals surface area contributed by atoms with E-state index in [1.165, 1.54) is 19.3 Å². The van der Waals surface area contributed by atoms with Crippen LogP contribution in [0.3, 0.4) is 0 Å². The maximum absolute atomic E-state index is 11.7. The van der Waals surface area contributed by atoms with Crippen molar-refractivity contribution in [2.24, 2.45) is 11.3 Å². The van der Waals surface area contributed by atoms with Crippen molar-refractivity contribution in [3.63, 3.8) is 0 Å². The fraction of sp³-hybridized carbons (Fsp3) is 0.909. The summed E-state index contributed by atoms with van der Waals surface area (Å²) in [6.07, 6.45) is 4.88. The second-order valence-corrected chi connectivity index (χ2v) is 5.07. The summed E-state index contributed by atoms with van der Waals surface area (Å²) in [6, 6.07) is 0. The van der Waals surface area contributed by atoms with Crippen molar-refractivity contribution >= 4 is 5.91 Å². The van der Waals surface area contributed by atoms with Crippen LogP contribution in [0.15, 0.2) is 0 Å². The van der Waals surface area contributed by atoms with Crippen LogP contribution in [0.1, 0.15) is 32.6 Å². The smallest absolute Gasteiger partial charge is 0.224 e. The third-order valence-electron chi connectivity index (χ3n) is 3.68. The van der Waals surface area contributed by atoms with Crippen LogP contribution < -0.4 is 10.6 Å². The van der Waals surface area contributed by atoms with Gasteiger partial charge in [-0.25, -0.2) is 0 Å². The highest BCUT2D eigenvalue weighted by atomic mass is 16.1. The number of amides is 1. The van der Waals surface area contributed by atoms with E-state index in [9.17, 15) is 4.79 Å². The van der Waals surface area contributed by atoms with E-state index in [0.29, 0.717) is 5.41 Å². The molecule has 0 unspecified atom stereocenters. The number of carbonyl (C=O) groups is 1. The zero-order valence-electron chi connectivity index (χ0n) is 8.94. The predicted molar refractivity (Wildman–Crippen MR) is 55.9 cm³/mol. The monoisotopic (exact) mass is 196 g/mol. The van der Waals surface area contributed by atoms with E-state index in [1.54, 1.807) is 0 Å². The van der Waals surface area contributed by atoms with E-state index in [0.717, 1.165) is 26.1 Å². The molecule has 1 saturated heterocycles. The van der Waals surface area contributed by atoms with Crippen molar-refractivity contribution in [1.82, 2.24) is 10.6 Å². The molecule has 0 aromatic heterocycles. The lowest BCUT2D eigenvalue weighted by molar-refractivity contribution is -0.125. The Labute approximate surface area is 85.6 Å². The molecule has 0 aromatic rings. The van der Waals surface area contributed by atoms with Gasteiger partial charge in [0.2, 0.25) is 5.91 Å². The zero-order valence-corrected chi connectivity index (χ0v) is 8.94. The van der Waals surface area contributed by atoms with Gasteiger partial charge in [-0.2, -0.15) is 0 Å². The van der Waals surface area contributed by atoms with Crippen LogP contribution in [0.5, 0.6) is 0 Å². The molecule has 1 aliphatic carbocycles. The second kappa shape index (κ2) is 3.89. The van der Waals surface area contributed by atoms with Gasteiger partial charge in [-0.3, -0.25) is 4.79 Å². The molecule has 2 N–H and O–H groups in total. The molecule has 3 heteroatoms. The minimum Gasteiger partial charge on any atom is -0.355 e. The number of hydrogen-bond donors (Lipinski definition) is 2. The average Bonchev–Trinajstić information content (AvgIpc) is 2.63. The Balaban J connectivity index is 1.71. The van der Waals surface area contributed by atoms with Gasteiger partial charge in [0, 0.05) is 13.1 Å². The second-order valence-electron chi connectivity index (χ2n) is 5.07. The van der Waals surface area contributed by atoms with Crippen molar-refractivity contribution in [3.8, 4) is 0 Å². The van der Waals surface area contributed by atoms with Gasteiger partial charge in [0.1, 0.15) is 0 Å². The average molecular weight is 196 g/mol. The first-order valence-corrected chi connectivity index (χ1v) is 5.68. The summed E-state index contributed by atoms with van der Waals surface area (Å²) in [5.74, 6) is 0.474. The molecule has 1 saturated carbocycles. The van der Waals surface area contributed by atoms with Crippen molar-refractivity contribution in [3.05, 3.63) is 0 Å². The number of rotatable bonds is 3. The molecule has 0 aromatic carbocycles. The lowest BCUT2D eigenvalue weighted by Crippen LogP contribution is -2.42. The minimum absolute atomic E-state index is 0.221. The molecule has 2 rings (SSSR count). The summed E-state index contributed by atoms with van der Waals surface area (Å²) >= 11 is 0. The van der Waals surface area contributed by atoms with Crippen LogP contribution in [-0.4, -0.2) is 25.5 Å². The SMILES string of the molecule is CC1(CNC(=O)[C@H]2CCNC2)CCC1. The van der Waals surface area contributed by atoms with Crippen LogP contribution in [0.4, 0.5) is 0 Å². The van der Waals surface area contributed by atoms with Gasteiger partial charge in [0.15, 0.2) is 0 Å².